The third-order valence-electron chi connectivity index (χ3n) is 13.3. The standard InChI is InChI=1S/C52H65N9O7/c1-4-37-28-46-47(57-50(37)63)26-36(30-55-46)34-58-21-23-59(24-22-58)42-12-14-45(56-32-42)51(64)54-17-25-68-43-15-19-60(20-16-43)52(65)39-9-6-8-38(27-39)41-10-7-18-61(35-41)49(62)33-53-31-40-11-13-44(66-3)29-48(40)67-5-2/h6,8-9,11-14,26-30,32,41,43,53H,4-5,7,10,15-25,31,33-35H2,1-3H3,(H,54,64)(H,57,63). The van der Waals surface area contributed by atoms with E-state index < -0.39 is 0 Å². The summed E-state index contributed by atoms with van der Waals surface area (Å²) in [5.41, 5.74) is 7.38. The van der Waals surface area contributed by atoms with E-state index in [2.05, 4.69) is 41.5 Å². The van der Waals surface area contributed by atoms with Crippen LogP contribution in [0.5, 0.6) is 11.5 Å². The SMILES string of the molecule is CCOc1cc(OC)ccc1CNCC(=O)N1CCCC(c2cccc(C(=O)N3CCC(OCCNC(=O)c4ccc(N5CCN(Cc6cnc7cc(CC)c(=O)[nH]c7c6)CC5)cn4)CC3)c2)C1. The molecule has 1 atom stereocenters. The first-order valence-electron chi connectivity index (χ1n) is 24.2. The van der Waals surface area contributed by atoms with E-state index in [9.17, 15) is 19.2 Å². The third kappa shape index (κ3) is 12.2. The number of methoxy groups -OCH3 is 1. The number of nitrogens with zero attached hydrogens (tertiary/aromatic N) is 6. The Hall–Kier alpha value is -6.36. The molecule has 3 fully saturated rings. The molecule has 0 aliphatic carbocycles. The Morgan fingerprint density at radius 1 is 0.853 bits per heavy atom. The number of piperazine rings is 1. The summed E-state index contributed by atoms with van der Waals surface area (Å²) in [5, 5.41) is 6.23. The number of aromatic amines is 1. The second-order valence-corrected chi connectivity index (χ2v) is 17.9. The van der Waals surface area contributed by atoms with Crippen molar-refractivity contribution in [3.05, 3.63) is 123 Å². The summed E-state index contributed by atoms with van der Waals surface area (Å²) in [5.74, 6) is 1.46. The number of carbonyl (C=O) groups is 3. The van der Waals surface area contributed by atoms with Crippen LogP contribution in [0.25, 0.3) is 11.0 Å². The van der Waals surface area contributed by atoms with Crippen molar-refractivity contribution in [1.82, 2.24) is 40.3 Å². The number of aryl methyl sites for hydroxylation is 1. The molecule has 3 aromatic heterocycles. The number of amides is 3. The van der Waals surface area contributed by atoms with Gasteiger partial charge in [0, 0.05) is 107 Å². The molecule has 0 radical (unpaired) electrons. The van der Waals surface area contributed by atoms with Gasteiger partial charge in [0.15, 0.2) is 0 Å². The number of fused-ring (bicyclic) bond motifs is 1. The van der Waals surface area contributed by atoms with Crippen molar-refractivity contribution in [2.45, 2.75) is 71.1 Å². The highest BCUT2D eigenvalue weighted by atomic mass is 16.5. The molecule has 3 aliphatic rings. The van der Waals surface area contributed by atoms with Crippen molar-refractivity contribution in [3.8, 4) is 11.5 Å². The topological polar surface area (TPSA) is 175 Å². The van der Waals surface area contributed by atoms with Crippen LogP contribution < -0.4 is 30.6 Å². The summed E-state index contributed by atoms with van der Waals surface area (Å²) in [6.07, 6.45) is 7.64. The zero-order valence-corrected chi connectivity index (χ0v) is 39.6. The van der Waals surface area contributed by atoms with Crippen LogP contribution in [-0.4, -0.2) is 139 Å². The first-order chi connectivity index (χ1) is 33.2. The van der Waals surface area contributed by atoms with Gasteiger partial charge in [-0.2, -0.15) is 0 Å². The van der Waals surface area contributed by atoms with Crippen LogP contribution in [0.1, 0.15) is 88.5 Å². The predicted octanol–water partition coefficient (Wildman–Crippen LogP) is 5.16. The fourth-order valence-electron chi connectivity index (χ4n) is 9.45. The third-order valence-corrected chi connectivity index (χ3v) is 13.3. The molecule has 0 saturated carbocycles. The minimum atomic E-state index is -0.245. The summed E-state index contributed by atoms with van der Waals surface area (Å²) < 4.78 is 17.3. The number of hydrogen-bond donors (Lipinski definition) is 3. The van der Waals surface area contributed by atoms with Gasteiger partial charge in [-0.15, -0.1) is 0 Å². The normalized spacial score (nSPS) is 17.0. The van der Waals surface area contributed by atoms with Gasteiger partial charge in [0.25, 0.3) is 17.4 Å². The van der Waals surface area contributed by atoms with Gasteiger partial charge in [0.1, 0.15) is 17.2 Å². The Morgan fingerprint density at radius 2 is 1.69 bits per heavy atom. The second kappa shape index (κ2) is 23.1. The lowest BCUT2D eigenvalue weighted by Gasteiger charge is -2.36. The lowest BCUT2D eigenvalue weighted by Crippen LogP contribution is -2.46. The molecule has 3 aliphatic heterocycles. The molecular formula is C52H65N9O7. The maximum atomic E-state index is 13.7. The number of H-pyrrole nitrogens is 1. The quantitative estimate of drug-likeness (QED) is 0.0988. The van der Waals surface area contributed by atoms with Crippen LogP contribution in [0.3, 0.4) is 0 Å². The number of hydrogen-bond acceptors (Lipinski definition) is 12. The number of benzene rings is 2. The molecule has 2 aromatic carbocycles. The zero-order valence-electron chi connectivity index (χ0n) is 39.6. The lowest BCUT2D eigenvalue weighted by atomic mass is 9.89. The average molecular weight is 928 g/mol. The van der Waals surface area contributed by atoms with E-state index in [1.807, 2.05) is 84.4 Å². The van der Waals surface area contributed by atoms with E-state index in [0.717, 1.165) is 115 Å². The molecular weight excluding hydrogens is 863 g/mol. The molecule has 16 heteroatoms. The number of ether oxygens (including phenoxy) is 3. The maximum absolute atomic E-state index is 13.7. The van der Waals surface area contributed by atoms with Gasteiger partial charge < -0.3 is 44.5 Å². The maximum Gasteiger partial charge on any atom is 0.269 e. The molecule has 5 aromatic rings. The van der Waals surface area contributed by atoms with Crippen molar-refractivity contribution in [1.29, 1.82) is 0 Å². The summed E-state index contributed by atoms with van der Waals surface area (Å²) in [6, 6.07) is 21.2. The van der Waals surface area contributed by atoms with Crippen molar-refractivity contribution in [2.24, 2.45) is 0 Å². The van der Waals surface area contributed by atoms with Crippen molar-refractivity contribution < 1.29 is 28.6 Å². The largest absolute Gasteiger partial charge is 0.497 e. The number of aromatic nitrogens is 3. The van der Waals surface area contributed by atoms with Crippen molar-refractivity contribution >= 4 is 34.4 Å². The van der Waals surface area contributed by atoms with Gasteiger partial charge in [0.2, 0.25) is 5.91 Å². The van der Waals surface area contributed by atoms with Crippen LogP contribution in [0, 0.1) is 0 Å². The molecule has 360 valence electrons. The molecule has 0 bridgehead atoms. The minimum absolute atomic E-state index is 0.00666. The van der Waals surface area contributed by atoms with Gasteiger partial charge in [-0.1, -0.05) is 25.1 Å². The van der Waals surface area contributed by atoms with E-state index in [-0.39, 0.29) is 41.8 Å². The van der Waals surface area contributed by atoms with Gasteiger partial charge in [-0.05, 0) is 92.6 Å². The summed E-state index contributed by atoms with van der Waals surface area (Å²) in [6.45, 7) is 12.6. The Bertz CT molecular complexity index is 2570. The zero-order chi connectivity index (χ0) is 47.4. The summed E-state index contributed by atoms with van der Waals surface area (Å²) >= 11 is 0. The fraction of sp³-hybridized carbons (Fsp3) is 0.462. The smallest absolute Gasteiger partial charge is 0.269 e. The number of piperidine rings is 2. The highest BCUT2D eigenvalue weighted by molar-refractivity contribution is 5.94. The van der Waals surface area contributed by atoms with Crippen LogP contribution in [0.2, 0.25) is 0 Å². The molecule has 1 unspecified atom stereocenters. The van der Waals surface area contributed by atoms with Crippen molar-refractivity contribution in [3.63, 3.8) is 0 Å². The molecule has 3 saturated heterocycles. The van der Waals surface area contributed by atoms with Crippen LogP contribution in [-0.2, 0) is 29.0 Å². The molecule has 8 rings (SSSR count). The number of likely N-dealkylation sites (tertiary alicyclic amines) is 2. The molecule has 68 heavy (non-hydrogen) atoms. The van der Waals surface area contributed by atoms with E-state index in [0.29, 0.717) is 63.6 Å². The fourth-order valence-corrected chi connectivity index (χ4v) is 9.45. The Balaban J connectivity index is 0.716. The average Bonchev–Trinajstić information content (AvgIpc) is 3.38. The number of pyridine rings is 3. The van der Waals surface area contributed by atoms with E-state index in [1.165, 1.54) is 0 Å². The van der Waals surface area contributed by atoms with E-state index in [4.69, 9.17) is 14.2 Å². The van der Waals surface area contributed by atoms with Gasteiger partial charge in [0.05, 0.1) is 55.9 Å². The predicted molar refractivity (Wildman–Crippen MR) is 262 cm³/mol. The number of rotatable bonds is 18. The highest BCUT2D eigenvalue weighted by Gasteiger charge is 2.28. The van der Waals surface area contributed by atoms with Gasteiger partial charge in [-0.3, -0.25) is 29.1 Å². The van der Waals surface area contributed by atoms with Crippen molar-refractivity contribution in [2.75, 3.05) is 90.7 Å². The Kier molecular flexibility index (Phi) is 16.3. The Morgan fingerprint density at radius 3 is 2.46 bits per heavy atom. The molecule has 0 spiro atoms. The molecule has 6 heterocycles. The van der Waals surface area contributed by atoms with E-state index in [1.54, 1.807) is 19.4 Å². The number of carbonyl (C=O) groups excluding carboxylic acids is 3. The van der Waals surface area contributed by atoms with Gasteiger partial charge in [-0.25, -0.2) is 4.98 Å². The minimum Gasteiger partial charge on any atom is -0.497 e. The van der Waals surface area contributed by atoms with Crippen LogP contribution >= 0.6 is 0 Å². The Labute approximate surface area is 398 Å². The van der Waals surface area contributed by atoms with Crippen LogP contribution in [0.4, 0.5) is 5.69 Å². The summed E-state index contributed by atoms with van der Waals surface area (Å²) in [4.78, 5) is 72.8. The summed E-state index contributed by atoms with van der Waals surface area (Å²) in [7, 11) is 1.63. The first kappa shape index (κ1) is 48.1. The molecule has 16 nitrogen and oxygen atoms in total. The van der Waals surface area contributed by atoms with Crippen LogP contribution in [0.15, 0.2) is 83.9 Å². The first-order valence-corrected chi connectivity index (χ1v) is 24.2. The van der Waals surface area contributed by atoms with E-state index >= 15 is 0 Å². The number of nitrogens with one attached hydrogen (secondary N) is 3. The monoisotopic (exact) mass is 928 g/mol. The van der Waals surface area contributed by atoms with Gasteiger partial charge >= 0.3 is 0 Å². The highest BCUT2D eigenvalue weighted by Crippen LogP contribution is 2.29. The second-order valence-electron chi connectivity index (χ2n) is 17.9. The lowest BCUT2D eigenvalue weighted by molar-refractivity contribution is -0.131. The molecule has 3 N–H and O–H groups in total. The number of anilines is 1. The molecule has 3 amide bonds.